The smallest absolute Gasteiger partial charge is 0.340 e. The van der Waals surface area contributed by atoms with Gasteiger partial charge in [-0.05, 0) is 24.8 Å². The number of aromatic amines is 1. The van der Waals surface area contributed by atoms with Gasteiger partial charge in [0.2, 0.25) is 0 Å². The number of carboxylic acid groups (broad SMARTS) is 1. The van der Waals surface area contributed by atoms with Gasteiger partial charge in [-0.2, -0.15) is 0 Å². The van der Waals surface area contributed by atoms with E-state index in [9.17, 15) is 9.90 Å². The number of carbonyl (C=O) groups is 1. The average Bonchev–Trinajstić information content (AvgIpc) is 2.72. The summed E-state index contributed by atoms with van der Waals surface area (Å²) < 4.78 is 0. The molecule has 3 rings (SSSR count). The second-order valence-electron chi connectivity index (χ2n) is 5.38. The molecular formula is C15H18N2O2. The van der Waals surface area contributed by atoms with Crippen molar-refractivity contribution < 1.29 is 9.90 Å². The number of carboxylic acids is 1. The monoisotopic (exact) mass is 258 g/mol. The number of hydrogen-bond acceptors (Lipinski definition) is 2. The summed E-state index contributed by atoms with van der Waals surface area (Å²) in [7, 11) is 1.97. The quantitative estimate of drug-likeness (QED) is 0.886. The lowest BCUT2D eigenvalue weighted by Crippen LogP contribution is -2.30. The summed E-state index contributed by atoms with van der Waals surface area (Å²) in [6.45, 7) is 0.924. The first-order valence-corrected chi connectivity index (χ1v) is 6.72. The van der Waals surface area contributed by atoms with E-state index in [0.29, 0.717) is 11.5 Å². The van der Waals surface area contributed by atoms with E-state index in [4.69, 9.17) is 0 Å². The van der Waals surface area contributed by atoms with E-state index in [-0.39, 0.29) is 0 Å². The Bertz CT molecular complexity index is 614. The van der Waals surface area contributed by atoms with E-state index in [2.05, 4.69) is 4.98 Å². The van der Waals surface area contributed by atoms with E-state index < -0.39 is 5.97 Å². The molecular weight excluding hydrogens is 240 g/mol. The molecule has 0 unspecified atom stereocenters. The van der Waals surface area contributed by atoms with Gasteiger partial charge in [-0.1, -0.05) is 24.6 Å². The SMILES string of the molecule is CN(CC1CCC1)c1[nH]c2ccccc2c1C(=O)O. The van der Waals surface area contributed by atoms with Crippen molar-refractivity contribution in [3.63, 3.8) is 0 Å². The summed E-state index contributed by atoms with van der Waals surface area (Å²) in [5.41, 5.74) is 1.27. The third-order valence-electron chi connectivity index (χ3n) is 4.04. The molecule has 4 heteroatoms. The van der Waals surface area contributed by atoms with Crippen molar-refractivity contribution in [2.45, 2.75) is 19.3 Å². The van der Waals surface area contributed by atoms with E-state index in [1.165, 1.54) is 19.3 Å². The maximum Gasteiger partial charge on any atom is 0.340 e. The minimum atomic E-state index is -0.868. The fraction of sp³-hybridized carbons (Fsp3) is 0.400. The van der Waals surface area contributed by atoms with Crippen LogP contribution in [0, 0.1) is 5.92 Å². The zero-order valence-corrected chi connectivity index (χ0v) is 11.0. The molecule has 1 heterocycles. The number of H-pyrrole nitrogens is 1. The molecule has 0 bridgehead atoms. The molecule has 0 radical (unpaired) electrons. The number of para-hydroxylation sites is 1. The molecule has 1 aliphatic carbocycles. The molecule has 0 saturated heterocycles. The molecule has 1 saturated carbocycles. The molecule has 100 valence electrons. The molecule has 0 spiro atoms. The van der Waals surface area contributed by atoms with Crippen LogP contribution in [0.4, 0.5) is 5.82 Å². The Balaban J connectivity index is 2.01. The molecule has 1 aromatic heterocycles. The highest BCUT2D eigenvalue weighted by Crippen LogP contribution is 2.32. The second-order valence-corrected chi connectivity index (χ2v) is 5.38. The first-order valence-electron chi connectivity index (χ1n) is 6.72. The molecule has 0 amide bonds. The highest BCUT2D eigenvalue weighted by atomic mass is 16.4. The van der Waals surface area contributed by atoms with Gasteiger partial charge in [0.15, 0.2) is 0 Å². The number of hydrogen-bond donors (Lipinski definition) is 2. The Morgan fingerprint density at radius 1 is 1.42 bits per heavy atom. The molecule has 1 aliphatic rings. The summed E-state index contributed by atoms with van der Waals surface area (Å²) >= 11 is 0. The maximum atomic E-state index is 11.5. The van der Waals surface area contributed by atoms with E-state index in [1.807, 2.05) is 36.2 Å². The number of aromatic nitrogens is 1. The molecule has 1 fully saturated rings. The van der Waals surface area contributed by atoms with Crippen molar-refractivity contribution in [3.05, 3.63) is 29.8 Å². The van der Waals surface area contributed by atoms with Crippen molar-refractivity contribution in [1.82, 2.24) is 4.98 Å². The average molecular weight is 258 g/mol. The third-order valence-corrected chi connectivity index (χ3v) is 4.04. The number of nitrogens with zero attached hydrogens (tertiary/aromatic N) is 1. The predicted octanol–water partition coefficient (Wildman–Crippen LogP) is 3.10. The van der Waals surface area contributed by atoms with Crippen LogP contribution in [0.15, 0.2) is 24.3 Å². The number of aromatic carboxylic acids is 1. The van der Waals surface area contributed by atoms with Crippen LogP contribution in [0.5, 0.6) is 0 Å². The van der Waals surface area contributed by atoms with Gasteiger partial charge in [-0.25, -0.2) is 4.79 Å². The Labute approximate surface area is 112 Å². The molecule has 2 aromatic rings. The standard InChI is InChI=1S/C15H18N2O2/c1-17(9-10-5-4-6-10)14-13(15(18)19)11-7-2-3-8-12(11)16-14/h2-3,7-8,10,16H,4-6,9H2,1H3,(H,18,19). The van der Waals surface area contributed by atoms with E-state index >= 15 is 0 Å². The lowest BCUT2D eigenvalue weighted by atomic mass is 9.85. The van der Waals surface area contributed by atoms with Gasteiger partial charge in [-0.15, -0.1) is 0 Å². The van der Waals surface area contributed by atoms with Crippen molar-refractivity contribution in [2.24, 2.45) is 5.92 Å². The van der Waals surface area contributed by atoms with Gasteiger partial charge in [0.05, 0.1) is 0 Å². The number of rotatable bonds is 4. The van der Waals surface area contributed by atoms with E-state index in [1.54, 1.807) is 0 Å². The summed E-state index contributed by atoms with van der Waals surface area (Å²) in [6.07, 6.45) is 3.82. The number of anilines is 1. The summed E-state index contributed by atoms with van der Waals surface area (Å²) in [6, 6.07) is 7.57. The van der Waals surface area contributed by atoms with Crippen molar-refractivity contribution >= 4 is 22.7 Å². The van der Waals surface area contributed by atoms with Crippen LogP contribution in [0.1, 0.15) is 29.6 Å². The van der Waals surface area contributed by atoms with Crippen molar-refractivity contribution in [3.8, 4) is 0 Å². The minimum Gasteiger partial charge on any atom is -0.478 e. The summed E-state index contributed by atoms with van der Waals surface area (Å²) in [5, 5.41) is 10.2. The first-order chi connectivity index (χ1) is 9.16. The Hall–Kier alpha value is -1.97. The fourth-order valence-corrected chi connectivity index (χ4v) is 2.78. The van der Waals surface area contributed by atoms with Crippen LogP contribution >= 0.6 is 0 Å². The van der Waals surface area contributed by atoms with Gasteiger partial charge in [-0.3, -0.25) is 0 Å². The lowest BCUT2D eigenvalue weighted by molar-refractivity contribution is 0.0699. The molecule has 4 nitrogen and oxygen atoms in total. The predicted molar refractivity (Wildman–Crippen MR) is 75.9 cm³/mol. The summed E-state index contributed by atoms with van der Waals surface area (Å²) in [4.78, 5) is 16.8. The first kappa shape index (κ1) is 12.1. The fourth-order valence-electron chi connectivity index (χ4n) is 2.78. The Kier molecular flexibility index (Phi) is 2.93. The zero-order chi connectivity index (χ0) is 13.4. The summed E-state index contributed by atoms with van der Waals surface area (Å²) in [5.74, 6) is 0.562. The molecule has 1 aromatic carbocycles. The number of benzene rings is 1. The number of nitrogens with one attached hydrogen (secondary N) is 1. The molecule has 19 heavy (non-hydrogen) atoms. The highest BCUT2D eigenvalue weighted by molar-refractivity contribution is 6.08. The van der Waals surface area contributed by atoms with Gasteiger partial charge >= 0.3 is 5.97 Å². The third kappa shape index (κ3) is 2.07. The Morgan fingerprint density at radius 3 is 2.79 bits per heavy atom. The van der Waals surface area contributed by atoms with Crippen LogP contribution < -0.4 is 4.90 Å². The van der Waals surface area contributed by atoms with Gasteiger partial charge in [0.25, 0.3) is 0 Å². The topological polar surface area (TPSA) is 56.3 Å². The molecule has 0 aliphatic heterocycles. The van der Waals surface area contributed by atoms with Gasteiger partial charge in [0.1, 0.15) is 11.4 Å². The second kappa shape index (κ2) is 4.61. The maximum absolute atomic E-state index is 11.5. The van der Waals surface area contributed by atoms with Crippen LogP contribution in [0.2, 0.25) is 0 Å². The zero-order valence-electron chi connectivity index (χ0n) is 11.0. The highest BCUT2D eigenvalue weighted by Gasteiger charge is 2.24. The van der Waals surface area contributed by atoms with Crippen LogP contribution in [-0.2, 0) is 0 Å². The van der Waals surface area contributed by atoms with E-state index in [0.717, 1.165) is 23.3 Å². The Morgan fingerprint density at radius 2 is 2.16 bits per heavy atom. The van der Waals surface area contributed by atoms with Crippen molar-refractivity contribution in [1.29, 1.82) is 0 Å². The lowest BCUT2D eigenvalue weighted by Gasteiger charge is -2.30. The van der Waals surface area contributed by atoms with Gasteiger partial charge in [0, 0.05) is 24.5 Å². The minimum absolute atomic E-state index is 0.387. The van der Waals surface area contributed by atoms with Gasteiger partial charge < -0.3 is 15.0 Å². The largest absolute Gasteiger partial charge is 0.478 e. The van der Waals surface area contributed by atoms with Crippen LogP contribution in [-0.4, -0.2) is 29.7 Å². The van der Waals surface area contributed by atoms with Crippen LogP contribution in [0.25, 0.3) is 10.9 Å². The van der Waals surface area contributed by atoms with Crippen LogP contribution in [0.3, 0.4) is 0 Å². The molecule has 2 N–H and O–H groups in total. The normalized spacial score (nSPS) is 15.4. The molecule has 0 atom stereocenters. The number of fused-ring (bicyclic) bond motifs is 1. The van der Waals surface area contributed by atoms with Crippen molar-refractivity contribution in [2.75, 3.05) is 18.5 Å².